The van der Waals surface area contributed by atoms with Crippen molar-refractivity contribution in [2.24, 2.45) is 0 Å². The molecule has 0 saturated heterocycles. The summed E-state index contributed by atoms with van der Waals surface area (Å²) in [5.74, 6) is -0.104. The molecule has 0 aliphatic heterocycles. The van der Waals surface area contributed by atoms with Gasteiger partial charge in [-0.15, -0.1) is 0 Å². The van der Waals surface area contributed by atoms with Gasteiger partial charge < -0.3 is 4.74 Å². The summed E-state index contributed by atoms with van der Waals surface area (Å²) in [5, 5.41) is 0. The molecule has 0 fully saturated rings. The molecule has 0 N–H and O–H groups in total. The number of alkyl halides is 1. The van der Waals surface area contributed by atoms with Gasteiger partial charge in [-0.1, -0.05) is 29.3 Å². The van der Waals surface area contributed by atoms with Crippen LogP contribution in [0.4, 0.5) is 0 Å². The maximum absolute atomic E-state index is 10.6. The quantitative estimate of drug-likeness (QED) is 0.406. The van der Waals surface area contributed by atoms with E-state index in [1.807, 2.05) is 0 Å². The second-order valence-corrected chi connectivity index (χ2v) is 4.17. The Morgan fingerprint density at radius 1 is 1.55 bits per heavy atom. The smallest absolute Gasteiger partial charge is 0.305 e. The zero-order valence-corrected chi connectivity index (χ0v) is 8.69. The first-order chi connectivity index (χ1) is 5.16. The van der Waals surface area contributed by atoms with E-state index in [1.54, 1.807) is 0 Å². The number of carbonyl (C=O) groups excluding carboxylic acids is 1. The van der Waals surface area contributed by atoms with E-state index in [9.17, 15) is 4.79 Å². The molecule has 0 aromatic heterocycles. The largest absolute Gasteiger partial charge is 0.469 e. The Morgan fingerprint density at radius 2 is 2.18 bits per heavy atom. The third-order valence-corrected chi connectivity index (χ3v) is 1.92. The van der Waals surface area contributed by atoms with Gasteiger partial charge in [-0.2, -0.15) is 0 Å². The lowest BCUT2D eigenvalue weighted by molar-refractivity contribution is -0.140. The Morgan fingerprint density at radius 3 is 2.64 bits per heavy atom. The number of unbranched alkanes of at least 4 members (excludes halogenated alkanes) is 1. The fourth-order valence-electron chi connectivity index (χ4n) is 0.797. The number of rotatable bonds is 5. The molecule has 0 aliphatic rings. The third-order valence-electron chi connectivity index (χ3n) is 1.46. The summed E-state index contributed by atoms with van der Waals surface area (Å²) in [6, 6.07) is 0. The topological polar surface area (TPSA) is 26.3 Å². The highest BCUT2D eigenvalue weighted by Crippen LogP contribution is 2.09. The highest BCUT2D eigenvalue weighted by molar-refractivity contribution is 9.09. The molecule has 1 atom stereocenters. The van der Waals surface area contributed by atoms with Crippen molar-refractivity contribution >= 4 is 21.9 Å². The minimum atomic E-state index is -0.104. The molecule has 0 rings (SSSR count). The molecule has 0 radical (unpaired) electrons. The molecule has 0 aromatic carbocycles. The van der Waals surface area contributed by atoms with E-state index in [1.165, 1.54) is 7.11 Å². The van der Waals surface area contributed by atoms with E-state index >= 15 is 0 Å². The van der Waals surface area contributed by atoms with Gasteiger partial charge in [0, 0.05) is 11.2 Å². The summed E-state index contributed by atoms with van der Waals surface area (Å²) in [6.45, 7) is 2.11. The molecule has 66 valence electrons. The van der Waals surface area contributed by atoms with Crippen LogP contribution in [0.15, 0.2) is 0 Å². The molecule has 2 nitrogen and oxygen atoms in total. The molecule has 0 bridgehead atoms. The first kappa shape index (κ1) is 11.0. The number of methoxy groups -OCH3 is 1. The van der Waals surface area contributed by atoms with Gasteiger partial charge in [-0.25, -0.2) is 0 Å². The first-order valence-corrected chi connectivity index (χ1v) is 4.79. The molecule has 3 heteroatoms. The zero-order valence-electron chi connectivity index (χ0n) is 7.10. The van der Waals surface area contributed by atoms with Crippen LogP contribution in [0.1, 0.15) is 32.6 Å². The first-order valence-electron chi connectivity index (χ1n) is 3.87. The lowest BCUT2D eigenvalue weighted by Crippen LogP contribution is -2.00. The molecule has 0 aliphatic carbocycles. The molecule has 1 unspecified atom stereocenters. The number of ether oxygens (including phenoxy) is 1. The number of esters is 1. The maximum Gasteiger partial charge on any atom is 0.305 e. The highest BCUT2D eigenvalue weighted by Gasteiger charge is 2.00. The average Bonchev–Trinajstić information content (AvgIpc) is 1.97. The predicted molar refractivity (Wildman–Crippen MR) is 48.9 cm³/mol. The number of hydrogen-bond acceptors (Lipinski definition) is 2. The van der Waals surface area contributed by atoms with Crippen LogP contribution in [-0.2, 0) is 9.53 Å². The number of carbonyl (C=O) groups is 1. The van der Waals surface area contributed by atoms with Gasteiger partial charge in [-0.05, 0) is 12.8 Å². The summed E-state index contributed by atoms with van der Waals surface area (Å²) >= 11 is 3.44. The molecule has 0 heterocycles. The van der Waals surface area contributed by atoms with Crippen LogP contribution in [0.2, 0.25) is 0 Å². The molecule has 0 aromatic rings. The van der Waals surface area contributed by atoms with Crippen molar-refractivity contribution in [2.75, 3.05) is 7.11 Å². The van der Waals surface area contributed by atoms with Gasteiger partial charge in [0.1, 0.15) is 0 Å². The predicted octanol–water partition coefficient (Wildman–Crippen LogP) is 2.50. The molecule has 11 heavy (non-hydrogen) atoms. The minimum absolute atomic E-state index is 0.104. The molecule has 0 saturated carbocycles. The monoisotopic (exact) mass is 222 g/mol. The Balaban J connectivity index is 3.08. The lowest BCUT2D eigenvalue weighted by Gasteiger charge is -2.01. The van der Waals surface area contributed by atoms with Crippen molar-refractivity contribution in [3.63, 3.8) is 0 Å². The summed E-state index contributed by atoms with van der Waals surface area (Å²) < 4.78 is 4.51. The van der Waals surface area contributed by atoms with Gasteiger partial charge >= 0.3 is 5.97 Å². The Labute approximate surface area is 76.4 Å². The van der Waals surface area contributed by atoms with Crippen LogP contribution in [0.25, 0.3) is 0 Å². The average molecular weight is 223 g/mol. The highest BCUT2D eigenvalue weighted by atomic mass is 79.9. The van der Waals surface area contributed by atoms with Gasteiger partial charge in [0.05, 0.1) is 7.11 Å². The molecule has 0 spiro atoms. The Hall–Kier alpha value is -0.0500. The van der Waals surface area contributed by atoms with Crippen LogP contribution in [0, 0.1) is 0 Å². The van der Waals surface area contributed by atoms with E-state index in [-0.39, 0.29) is 5.97 Å². The van der Waals surface area contributed by atoms with Crippen molar-refractivity contribution < 1.29 is 9.53 Å². The zero-order chi connectivity index (χ0) is 8.69. The fraction of sp³-hybridized carbons (Fsp3) is 0.875. The summed E-state index contributed by atoms with van der Waals surface area (Å²) in [7, 11) is 1.43. The maximum atomic E-state index is 10.6. The SMILES string of the molecule is COC(=O)CCCCC(C)Br. The molecule has 0 amide bonds. The number of hydrogen-bond donors (Lipinski definition) is 0. The van der Waals surface area contributed by atoms with Crippen molar-refractivity contribution in [3.05, 3.63) is 0 Å². The van der Waals surface area contributed by atoms with E-state index in [0.29, 0.717) is 11.2 Å². The van der Waals surface area contributed by atoms with Gasteiger partial charge in [0.25, 0.3) is 0 Å². The fourth-order valence-corrected chi connectivity index (χ4v) is 1.12. The Bertz CT molecular complexity index is 113. The van der Waals surface area contributed by atoms with Crippen LogP contribution in [0.3, 0.4) is 0 Å². The van der Waals surface area contributed by atoms with E-state index < -0.39 is 0 Å². The summed E-state index contributed by atoms with van der Waals surface area (Å²) in [6.07, 6.45) is 3.69. The minimum Gasteiger partial charge on any atom is -0.469 e. The van der Waals surface area contributed by atoms with Crippen molar-refractivity contribution in [3.8, 4) is 0 Å². The standard InChI is InChI=1S/C8H15BrO2/c1-7(9)5-3-4-6-8(10)11-2/h7H,3-6H2,1-2H3. The third kappa shape index (κ3) is 7.85. The second-order valence-electron chi connectivity index (χ2n) is 2.60. The summed E-state index contributed by atoms with van der Waals surface area (Å²) in [5.41, 5.74) is 0. The van der Waals surface area contributed by atoms with Gasteiger partial charge in [0.15, 0.2) is 0 Å². The van der Waals surface area contributed by atoms with Crippen molar-refractivity contribution in [2.45, 2.75) is 37.4 Å². The number of halogens is 1. The van der Waals surface area contributed by atoms with Crippen LogP contribution in [0.5, 0.6) is 0 Å². The van der Waals surface area contributed by atoms with Crippen LogP contribution < -0.4 is 0 Å². The van der Waals surface area contributed by atoms with E-state index in [0.717, 1.165) is 19.3 Å². The van der Waals surface area contributed by atoms with E-state index in [2.05, 4.69) is 27.6 Å². The van der Waals surface area contributed by atoms with Crippen molar-refractivity contribution in [1.29, 1.82) is 0 Å². The van der Waals surface area contributed by atoms with Crippen LogP contribution >= 0.6 is 15.9 Å². The van der Waals surface area contributed by atoms with Crippen molar-refractivity contribution in [1.82, 2.24) is 0 Å². The van der Waals surface area contributed by atoms with Crippen LogP contribution in [-0.4, -0.2) is 17.9 Å². The summed E-state index contributed by atoms with van der Waals surface area (Å²) in [4.78, 5) is 11.2. The van der Waals surface area contributed by atoms with Gasteiger partial charge in [-0.3, -0.25) is 4.79 Å². The molecular formula is C8H15BrO2. The Kier molecular flexibility index (Phi) is 6.62. The van der Waals surface area contributed by atoms with E-state index in [4.69, 9.17) is 0 Å². The lowest BCUT2D eigenvalue weighted by atomic mass is 10.1. The molecular weight excluding hydrogens is 208 g/mol. The normalized spacial score (nSPS) is 12.6. The second kappa shape index (κ2) is 6.65. The van der Waals surface area contributed by atoms with Gasteiger partial charge in [0.2, 0.25) is 0 Å².